The third kappa shape index (κ3) is 1.76. The lowest BCUT2D eigenvalue weighted by molar-refractivity contribution is -0.00357. The zero-order valence-corrected chi connectivity index (χ0v) is 10.5. The largest absolute Gasteiger partial charge is 0.381 e. The van der Waals surface area contributed by atoms with E-state index in [9.17, 15) is 4.39 Å². The predicted octanol–water partition coefficient (Wildman–Crippen LogP) is 2.37. The Hall–Kier alpha value is -0.970. The average Bonchev–Trinajstić information content (AvgIpc) is 2.82. The highest BCUT2D eigenvalue weighted by molar-refractivity contribution is 5.29. The summed E-state index contributed by atoms with van der Waals surface area (Å²) in [6, 6.07) is 6.96. The van der Waals surface area contributed by atoms with Gasteiger partial charge in [0.15, 0.2) is 0 Å². The van der Waals surface area contributed by atoms with E-state index in [1.165, 1.54) is 6.07 Å². The Morgan fingerprint density at radius 3 is 3.00 bits per heavy atom. The van der Waals surface area contributed by atoms with E-state index in [0.717, 1.165) is 19.3 Å². The first-order chi connectivity index (χ1) is 8.76. The molecule has 0 radical (unpaired) electrons. The summed E-state index contributed by atoms with van der Waals surface area (Å²) in [4.78, 5) is 5.42. The van der Waals surface area contributed by atoms with Crippen molar-refractivity contribution in [3.05, 3.63) is 35.6 Å². The molecule has 4 heteroatoms. The lowest BCUT2D eigenvalue weighted by Crippen LogP contribution is -2.48. The molecule has 1 N–H and O–H groups in total. The predicted molar refractivity (Wildman–Crippen MR) is 65.3 cm³/mol. The monoisotopic (exact) mass is 251 g/mol. The second-order valence-corrected chi connectivity index (χ2v) is 5.20. The van der Waals surface area contributed by atoms with Gasteiger partial charge in [0.25, 0.3) is 0 Å². The van der Waals surface area contributed by atoms with Crippen molar-refractivity contribution in [2.24, 2.45) is 5.92 Å². The van der Waals surface area contributed by atoms with Gasteiger partial charge < -0.3 is 9.57 Å². The molecule has 1 saturated heterocycles. The Kier molecular flexibility index (Phi) is 3.09. The van der Waals surface area contributed by atoms with E-state index >= 15 is 0 Å². The van der Waals surface area contributed by atoms with Gasteiger partial charge in [0.1, 0.15) is 5.82 Å². The number of halogens is 1. The Labute approximate surface area is 106 Å². The zero-order chi connectivity index (χ0) is 12.6. The molecule has 2 fully saturated rings. The number of hydrogen-bond donors (Lipinski definition) is 1. The van der Waals surface area contributed by atoms with Gasteiger partial charge in [-0.15, -0.1) is 0 Å². The average molecular weight is 251 g/mol. The molecule has 3 unspecified atom stereocenters. The van der Waals surface area contributed by atoms with Crippen LogP contribution in [0.15, 0.2) is 24.3 Å². The SMILES string of the molecule is COC1CCC2CONC2(c2ccccc2F)C1. The molecule has 1 aromatic carbocycles. The van der Waals surface area contributed by atoms with Crippen LogP contribution in [0.25, 0.3) is 0 Å². The standard InChI is InChI=1S/C14H18FNO2/c1-17-11-7-6-10-9-18-16-14(10,8-11)12-4-2-3-5-13(12)15/h2-5,10-11,16H,6-9H2,1H3. The van der Waals surface area contributed by atoms with E-state index in [-0.39, 0.29) is 11.9 Å². The minimum atomic E-state index is -0.426. The molecule has 0 bridgehead atoms. The maximum absolute atomic E-state index is 14.1. The van der Waals surface area contributed by atoms with Gasteiger partial charge in [-0.3, -0.25) is 0 Å². The number of nitrogens with one attached hydrogen (secondary N) is 1. The molecule has 2 aliphatic rings. The van der Waals surface area contributed by atoms with Crippen LogP contribution in [0.4, 0.5) is 4.39 Å². The Morgan fingerprint density at radius 1 is 1.39 bits per heavy atom. The van der Waals surface area contributed by atoms with Crippen LogP contribution in [-0.2, 0) is 15.1 Å². The van der Waals surface area contributed by atoms with Crippen LogP contribution in [0.3, 0.4) is 0 Å². The topological polar surface area (TPSA) is 30.5 Å². The number of hydrogen-bond acceptors (Lipinski definition) is 3. The maximum Gasteiger partial charge on any atom is 0.128 e. The van der Waals surface area contributed by atoms with Gasteiger partial charge in [0.2, 0.25) is 0 Å². The van der Waals surface area contributed by atoms with Gasteiger partial charge in [-0.05, 0) is 25.3 Å². The summed E-state index contributed by atoms with van der Waals surface area (Å²) in [6.07, 6.45) is 2.94. The summed E-state index contributed by atoms with van der Waals surface area (Å²) in [5.74, 6) is 0.151. The van der Waals surface area contributed by atoms with Crippen LogP contribution < -0.4 is 5.48 Å². The van der Waals surface area contributed by atoms with Gasteiger partial charge in [-0.25, -0.2) is 4.39 Å². The molecule has 3 atom stereocenters. The molecule has 3 rings (SSSR count). The summed E-state index contributed by atoms with van der Waals surface area (Å²) in [5.41, 5.74) is 3.35. The van der Waals surface area contributed by atoms with Crippen LogP contribution in [-0.4, -0.2) is 19.8 Å². The van der Waals surface area contributed by atoms with E-state index < -0.39 is 5.54 Å². The summed E-state index contributed by atoms with van der Waals surface area (Å²) >= 11 is 0. The van der Waals surface area contributed by atoms with Crippen molar-refractivity contribution in [2.45, 2.75) is 30.9 Å². The molecule has 18 heavy (non-hydrogen) atoms. The number of rotatable bonds is 2. The van der Waals surface area contributed by atoms with E-state index in [1.54, 1.807) is 13.2 Å². The van der Waals surface area contributed by atoms with E-state index in [2.05, 4.69) is 5.48 Å². The smallest absolute Gasteiger partial charge is 0.128 e. The first-order valence-corrected chi connectivity index (χ1v) is 6.43. The second kappa shape index (κ2) is 4.61. The fraction of sp³-hybridized carbons (Fsp3) is 0.571. The first-order valence-electron chi connectivity index (χ1n) is 6.43. The normalized spacial score (nSPS) is 35.4. The van der Waals surface area contributed by atoms with Crippen LogP contribution in [0.2, 0.25) is 0 Å². The van der Waals surface area contributed by atoms with Gasteiger partial charge in [0, 0.05) is 18.6 Å². The van der Waals surface area contributed by atoms with Crippen LogP contribution in [0.1, 0.15) is 24.8 Å². The Balaban J connectivity index is 2.01. The Bertz CT molecular complexity index is 440. The van der Waals surface area contributed by atoms with Gasteiger partial charge in [-0.1, -0.05) is 18.2 Å². The quantitative estimate of drug-likeness (QED) is 0.875. The van der Waals surface area contributed by atoms with Crippen molar-refractivity contribution in [1.82, 2.24) is 5.48 Å². The number of ether oxygens (including phenoxy) is 1. The first kappa shape index (κ1) is 12.1. The van der Waals surface area contributed by atoms with Crippen LogP contribution in [0, 0.1) is 11.7 Å². The molecule has 1 aromatic rings. The van der Waals surface area contributed by atoms with E-state index in [4.69, 9.17) is 9.57 Å². The fourth-order valence-electron chi connectivity index (χ4n) is 3.29. The highest BCUT2D eigenvalue weighted by Gasteiger charge is 2.50. The molecule has 1 aliphatic carbocycles. The summed E-state index contributed by atoms with van der Waals surface area (Å²) in [5, 5.41) is 0. The molecule has 1 heterocycles. The third-order valence-corrected chi connectivity index (χ3v) is 4.31. The molecule has 3 nitrogen and oxygen atoms in total. The van der Waals surface area contributed by atoms with Crippen molar-refractivity contribution in [1.29, 1.82) is 0 Å². The molecule has 0 aromatic heterocycles. The highest BCUT2D eigenvalue weighted by Crippen LogP contribution is 2.46. The van der Waals surface area contributed by atoms with Gasteiger partial charge in [-0.2, -0.15) is 5.48 Å². The minimum absolute atomic E-state index is 0.162. The fourth-order valence-corrected chi connectivity index (χ4v) is 3.29. The number of fused-ring (bicyclic) bond motifs is 1. The Morgan fingerprint density at radius 2 is 2.22 bits per heavy atom. The lowest BCUT2D eigenvalue weighted by atomic mass is 9.69. The summed E-state index contributed by atoms with van der Waals surface area (Å²) in [7, 11) is 1.72. The van der Waals surface area contributed by atoms with Crippen molar-refractivity contribution in [3.63, 3.8) is 0 Å². The van der Waals surface area contributed by atoms with Crippen molar-refractivity contribution < 1.29 is 14.0 Å². The number of benzene rings is 1. The summed E-state index contributed by atoms with van der Waals surface area (Å²) < 4.78 is 19.6. The molecule has 0 spiro atoms. The number of hydroxylamine groups is 1. The molecular formula is C14H18FNO2. The van der Waals surface area contributed by atoms with Crippen molar-refractivity contribution in [2.75, 3.05) is 13.7 Å². The molecule has 1 aliphatic heterocycles. The van der Waals surface area contributed by atoms with Crippen LogP contribution >= 0.6 is 0 Å². The third-order valence-electron chi connectivity index (χ3n) is 4.31. The maximum atomic E-state index is 14.1. The molecular weight excluding hydrogens is 233 g/mol. The highest BCUT2D eigenvalue weighted by atomic mass is 19.1. The second-order valence-electron chi connectivity index (χ2n) is 5.20. The molecule has 98 valence electrons. The van der Waals surface area contributed by atoms with Crippen molar-refractivity contribution in [3.8, 4) is 0 Å². The van der Waals surface area contributed by atoms with Gasteiger partial charge >= 0.3 is 0 Å². The molecule has 0 amide bonds. The van der Waals surface area contributed by atoms with Crippen LogP contribution in [0.5, 0.6) is 0 Å². The summed E-state index contributed by atoms with van der Waals surface area (Å²) in [6.45, 7) is 0.644. The number of methoxy groups -OCH3 is 1. The van der Waals surface area contributed by atoms with Gasteiger partial charge in [0.05, 0.1) is 18.2 Å². The zero-order valence-electron chi connectivity index (χ0n) is 10.5. The molecule has 1 saturated carbocycles. The van der Waals surface area contributed by atoms with Crippen molar-refractivity contribution >= 4 is 0 Å². The van der Waals surface area contributed by atoms with E-state index in [1.807, 2.05) is 12.1 Å². The minimum Gasteiger partial charge on any atom is -0.381 e. The lowest BCUT2D eigenvalue weighted by Gasteiger charge is -2.41. The van der Waals surface area contributed by atoms with E-state index in [0.29, 0.717) is 18.1 Å².